The maximum absolute atomic E-state index is 12.4. The minimum Gasteiger partial charge on any atom is -0.507 e. The van der Waals surface area contributed by atoms with Gasteiger partial charge in [0.2, 0.25) is 0 Å². The van der Waals surface area contributed by atoms with Crippen LogP contribution < -0.4 is 0 Å². The standard InChI is InChI=1S/C16H10O8/c17-12-6-8(15(21)22)2-4-10(12)13(18)9-3-1-7(14(19)20)5-11(9)16(23)24/h1-6,17H,(H,19,20)(H,21,22)(H,23,24). The Bertz CT molecular complexity index is 882. The Morgan fingerprint density at radius 3 is 1.58 bits per heavy atom. The summed E-state index contributed by atoms with van der Waals surface area (Å²) in [5.74, 6) is -5.67. The Labute approximate surface area is 134 Å². The highest BCUT2D eigenvalue weighted by Crippen LogP contribution is 2.24. The number of carboxylic acid groups (broad SMARTS) is 3. The molecule has 2 rings (SSSR count). The third-order valence-corrected chi connectivity index (χ3v) is 3.23. The van der Waals surface area contributed by atoms with Gasteiger partial charge in [0.05, 0.1) is 22.3 Å². The summed E-state index contributed by atoms with van der Waals surface area (Å²) in [5, 5.41) is 36.7. The normalized spacial score (nSPS) is 10.2. The van der Waals surface area contributed by atoms with Crippen molar-refractivity contribution < 1.29 is 39.6 Å². The van der Waals surface area contributed by atoms with E-state index in [2.05, 4.69) is 0 Å². The maximum Gasteiger partial charge on any atom is 0.336 e. The molecule has 0 fully saturated rings. The van der Waals surface area contributed by atoms with Gasteiger partial charge in [0.1, 0.15) is 5.75 Å². The van der Waals surface area contributed by atoms with Crippen LogP contribution in [0.25, 0.3) is 0 Å². The fourth-order valence-electron chi connectivity index (χ4n) is 2.05. The van der Waals surface area contributed by atoms with Crippen LogP contribution >= 0.6 is 0 Å². The molecule has 4 N–H and O–H groups in total. The predicted octanol–water partition coefficient (Wildman–Crippen LogP) is 1.72. The summed E-state index contributed by atoms with van der Waals surface area (Å²) < 4.78 is 0. The Hall–Kier alpha value is -3.68. The van der Waals surface area contributed by atoms with Crippen molar-refractivity contribution in [3.63, 3.8) is 0 Å². The number of hydrogen-bond donors (Lipinski definition) is 4. The molecule has 122 valence electrons. The SMILES string of the molecule is O=C(O)c1ccc(C(=O)c2ccc(C(=O)O)cc2C(=O)O)c(O)c1. The van der Waals surface area contributed by atoms with Crippen molar-refractivity contribution in [1.82, 2.24) is 0 Å². The van der Waals surface area contributed by atoms with E-state index in [0.717, 1.165) is 36.4 Å². The summed E-state index contributed by atoms with van der Waals surface area (Å²) >= 11 is 0. The lowest BCUT2D eigenvalue weighted by atomic mass is 9.95. The third kappa shape index (κ3) is 3.07. The fraction of sp³-hybridized carbons (Fsp3) is 0. The molecule has 0 aliphatic carbocycles. The maximum atomic E-state index is 12.4. The fourth-order valence-corrected chi connectivity index (χ4v) is 2.05. The van der Waals surface area contributed by atoms with Gasteiger partial charge < -0.3 is 20.4 Å². The first-order chi connectivity index (χ1) is 11.2. The average molecular weight is 330 g/mol. The van der Waals surface area contributed by atoms with Gasteiger partial charge in [-0.25, -0.2) is 14.4 Å². The number of benzene rings is 2. The molecule has 8 nitrogen and oxygen atoms in total. The number of carbonyl (C=O) groups is 4. The molecule has 2 aromatic rings. The quantitative estimate of drug-likeness (QED) is 0.605. The molecular formula is C16H10O8. The molecule has 2 aromatic carbocycles. The second-order valence-electron chi connectivity index (χ2n) is 4.74. The monoisotopic (exact) mass is 330 g/mol. The van der Waals surface area contributed by atoms with Crippen molar-refractivity contribution in [2.75, 3.05) is 0 Å². The summed E-state index contributed by atoms with van der Waals surface area (Å²) in [6, 6.07) is 5.92. The van der Waals surface area contributed by atoms with Gasteiger partial charge in [-0.3, -0.25) is 4.79 Å². The lowest BCUT2D eigenvalue weighted by molar-refractivity contribution is 0.0681. The van der Waals surface area contributed by atoms with Gasteiger partial charge >= 0.3 is 17.9 Å². The molecule has 0 saturated heterocycles. The van der Waals surface area contributed by atoms with Crippen molar-refractivity contribution in [1.29, 1.82) is 0 Å². The number of carboxylic acids is 3. The Morgan fingerprint density at radius 1 is 0.625 bits per heavy atom. The summed E-state index contributed by atoms with van der Waals surface area (Å²) in [4.78, 5) is 45.4. The molecule has 0 bridgehead atoms. The second-order valence-corrected chi connectivity index (χ2v) is 4.74. The highest BCUT2D eigenvalue weighted by molar-refractivity contribution is 6.16. The lowest BCUT2D eigenvalue weighted by Crippen LogP contribution is -2.12. The van der Waals surface area contributed by atoms with E-state index in [9.17, 15) is 24.3 Å². The predicted molar refractivity (Wildman–Crippen MR) is 78.9 cm³/mol. The number of aromatic hydroxyl groups is 1. The minimum absolute atomic E-state index is 0.247. The molecule has 0 aliphatic heterocycles. The average Bonchev–Trinajstić information content (AvgIpc) is 2.53. The van der Waals surface area contributed by atoms with Gasteiger partial charge in [0.25, 0.3) is 0 Å². The molecule has 0 saturated carbocycles. The zero-order chi connectivity index (χ0) is 18.0. The van der Waals surface area contributed by atoms with Gasteiger partial charge in [-0.05, 0) is 36.4 Å². The Kier molecular flexibility index (Phi) is 4.32. The topological polar surface area (TPSA) is 149 Å². The summed E-state index contributed by atoms with van der Waals surface area (Å²) in [6.07, 6.45) is 0. The van der Waals surface area contributed by atoms with Crippen LogP contribution in [0.4, 0.5) is 0 Å². The Morgan fingerprint density at radius 2 is 1.12 bits per heavy atom. The van der Waals surface area contributed by atoms with Crippen LogP contribution in [0.15, 0.2) is 36.4 Å². The first kappa shape index (κ1) is 16.7. The van der Waals surface area contributed by atoms with E-state index in [-0.39, 0.29) is 22.3 Å². The number of hydrogen-bond acceptors (Lipinski definition) is 5. The van der Waals surface area contributed by atoms with Gasteiger partial charge in [-0.15, -0.1) is 0 Å². The largest absolute Gasteiger partial charge is 0.507 e. The highest BCUT2D eigenvalue weighted by atomic mass is 16.4. The van der Waals surface area contributed by atoms with Crippen LogP contribution in [0.1, 0.15) is 47.0 Å². The number of phenolic OH excluding ortho intramolecular Hbond substituents is 1. The molecule has 0 aromatic heterocycles. The molecule has 0 aliphatic rings. The molecule has 8 heteroatoms. The number of aromatic carboxylic acids is 3. The van der Waals surface area contributed by atoms with Crippen LogP contribution in [0.5, 0.6) is 5.75 Å². The van der Waals surface area contributed by atoms with Crippen molar-refractivity contribution >= 4 is 23.7 Å². The van der Waals surface area contributed by atoms with Crippen LogP contribution in [-0.4, -0.2) is 44.1 Å². The highest BCUT2D eigenvalue weighted by Gasteiger charge is 2.22. The minimum atomic E-state index is -1.51. The van der Waals surface area contributed by atoms with E-state index in [1.807, 2.05) is 0 Å². The zero-order valence-electron chi connectivity index (χ0n) is 11.9. The van der Waals surface area contributed by atoms with E-state index >= 15 is 0 Å². The van der Waals surface area contributed by atoms with Crippen LogP contribution in [0, 0.1) is 0 Å². The summed E-state index contributed by atoms with van der Waals surface area (Å²) in [7, 11) is 0. The van der Waals surface area contributed by atoms with Crippen LogP contribution in [-0.2, 0) is 0 Å². The molecule has 0 heterocycles. The first-order valence-corrected chi connectivity index (χ1v) is 6.44. The molecule has 24 heavy (non-hydrogen) atoms. The Balaban J connectivity index is 2.56. The van der Waals surface area contributed by atoms with Crippen LogP contribution in [0.2, 0.25) is 0 Å². The summed E-state index contributed by atoms with van der Waals surface area (Å²) in [5.41, 5.74) is -1.73. The number of ketones is 1. The van der Waals surface area contributed by atoms with Crippen molar-refractivity contribution in [2.45, 2.75) is 0 Å². The molecule has 0 unspecified atom stereocenters. The second kappa shape index (κ2) is 6.21. The number of carbonyl (C=O) groups excluding carboxylic acids is 1. The van der Waals surface area contributed by atoms with E-state index in [1.165, 1.54) is 0 Å². The first-order valence-electron chi connectivity index (χ1n) is 6.44. The molecule has 0 amide bonds. The van der Waals surface area contributed by atoms with Crippen molar-refractivity contribution in [2.24, 2.45) is 0 Å². The van der Waals surface area contributed by atoms with Crippen molar-refractivity contribution in [3.05, 3.63) is 64.2 Å². The van der Waals surface area contributed by atoms with E-state index in [0.29, 0.717) is 0 Å². The molecule has 0 atom stereocenters. The number of rotatable bonds is 5. The van der Waals surface area contributed by atoms with Gasteiger partial charge in [-0.1, -0.05) is 0 Å². The van der Waals surface area contributed by atoms with Gasteiger partial charge in [0, 0.05) is 5.56 Å². The smallest absolute Gasteiger partial charge is 0.336 e. The van der Waals surface area contributed by atoms with Gasteiger partial charge in [0.15, 0.2) is 5.78 Å². The molecular weight excluding hydrogens is 320 g/mol. The van der Waals surface area contributed by atoms with Gasteiger partial charge in [-0.2, -0.15) is 0 Å². The van der Waals surface area contributed by atoms with E-state index < -0.39 is 35.0 Å². The molecule has 0 radical (unpaired) electrons. The van der Waals surface area contributed by atoms with E-state index in [4.69, 9.17) is 15.3 Å². The summed E-state index contributed by atoms with van der Waals surface area (Å²) in [6.45, 7) is 0. The van der Waals surface area contributed by atoms with E-state index in [1.54, 1.807) is 0 Å². The third-order valence-electron chi connectivity index (χ3n) is 3.23. The molecule has 0 spiro atoms. The van der Waals surface area contributed by atoms with Crippen LogP contribution in [0.3, 0.4) is 0 Å². The van der Waals surface area contributed by atoms with Crippen molar-refractivity contribution in [3.8, 4) is 5.75 Å². The number of phenols is 1. The lowest BCUT2D eigenvalue weighted by Gasteiger charge is -2.08. The zero-order valence-corrected chi connectivity index (χ0v) is 11.9.